The molecule has 1 aromatic heterocycles. The highest BCUT2D eigenvalue weighted by atomic mass is 16.3. The maximum Gasteiger partial charge on any atom is 0.0981 e. The summed E-state index contributed by atoms with van der Waals surface area (Å²) >= 11 is 0. The lowest BCUT2D eigenvalue weighted by atomic mass is 10.0. The lowest BCUT2D eigenvalue weighted by molar-refractivity contribution is 0.281. The van der Waals surface area contributed by atoms with Crippen molar-refractivity contribution in [3.05, 3.63) is 36.3 Å². The van der Waals surface area contributed by atoms with Gasteiger partial charge in [-0.15, -0.1) is 0 Å². The van der Waals surface area contributed by atoms with Gasteiger partial charge in [0.15, 0.2) is 0 Å². The van der Waals surface area contributed by atoms with Crippen LogP contribution in [0.1, 0.15) is 5.56 Å². The van der Waals surface area contributed by atoms with Gasteiger partial charge in [-0.25, -0.2) is 0 Å². The predicted molar refractivity (Wildman–Crippen MR) is 79.7 cm³/mol. The molecular weight excluding hydrogens is 256 g/mol. The number of anilines is 2. The number of nitrogens with two attached hydrogens (primary N) is 1. The highest BCUT2D eigenvalue weighted by Gasteiger charge is 2.12. The Balaban J connectivity index is 2.44. The van der Waals surface area contributed by atoms with Gasteiger partial charge >= 0.3 is 0 Å². The zero-order valence-electron chi connectivity index (χ0n) is 11.5. The third-order valence-corrected chi connectivity index (χ3v) is 3.31. The van der Waals surface area contributed by atoms with Crippen LogP contribution in [0.25, 0.3) is 11.1 Å². The molecule has 0 spiro atoms. The van der Waals surface area contributed by atoms with Crippen LogP contribution < -0.4 is 10.6 Å². The topological polar surface area (TPSA) is 82.9 Å². The molecule has 0 atom stereocenters. The van der Waals surface area contributed by atoms with E-state index in [1.54, 1.807) is 12.5 Å². The van der Waals surface area contributed by atoms with Crippen LogP contribution in [0.5, 0.6) is 0 Å². The zero-order chi connectivity index (χ0) is 14.5. The number of hydrogen-bond acceptors (Lipinski definition) is 5. The molecule has 5 nitrogen and oxygen atoms in total. The van der Waals surface area contributed by atoms with E-state index in [0.29, 0.717) is 18.8 Å². The standard InChI is InChI=1S/C15H20N2O3/c1-11-8-13(17(3-5-18)4-6-19)9-14(15(11)16)12-2-7-20-10-12/h2,7-10,18-19H,3-6,16H2,1H3. The Kier molecular flexibility index (Phi) is 4.65. The Morgan fingerprint density at radius 2 is 1.90 bits per heavy atom. The molecule has 2 rings (SSSR count). The lowest BCUT2D eigenvalue weighted by Gasteiger charge is -2.24. The average molecular weight is 276 g/mol. The van der Waals surface area contributed by atoms with Gasteiger partial charge in [-0.05, 0) is 30.7 Å². The minimum Gasteiger partial charge on any atom is -0.472 e. The molecule has 1 aromatic carbocycles. The first-order valence-electron chi connectivity index (χ1n) is 6.56. The normalized spacial score (nSPS) is 10.8. The maximum atomic E-state index is 9.14. The second kappa shape index (κ2) is 6.45. The van der Waals surface area contributed by atoms with E-state index in [0.717, 1.165) is 22.4 Å². The van der Waals surface area contributed by atoms with Gasteiger partial charge in [0.05, 0.1) is 25.7 Å². The fraction of sp³-hybridized carbons (Fsp3) is 0.333. The van der Waals surface area contributed by atoms with Crippen molar-refractivity contribution in [2.75, 3.05) is 36.9 Å². The largest absolute Gasteiger partial charge is 0.472 e. The van der Waals surface area contributed by atoms with Crippen molar-refractivity contribution < 1.29 is 14.6 Å². The summed E-state index contributed by atoms with van der Waals surface area (Å²) in [6.07, 6.45) is 3.26. The number of aryl methyl sites for hydroxylation is 1. The molecule has 5 heteroatoms. The molecule has 4 N–H and O–H groups in total. The van der Waals surface area contributed by atoms with Gasteiger partial charge in [0.2, 0.25) is 0 Å². The Morgan fingerprint density at radius 3 is 2.45 bits per heavy atom. The van der Waals surface area contributed by atoms with Crippen molar-refractivity contribution >= 4 is 11.4 Å². The van der Waals surface area contributed by atoms with E-state index < -0.39 is 0 Å². The number of aliphatic hydroxyl groups excluding tert-OH is 2. The number of rotatable bonds is 6. The Morgan fingerprint density at radius 1 is 1.20 bits per heavy atom. The summed E-state index contributed by atoms with van der Waals surface area (Å²) < 4.78 is 5.11. The molecule has 0 bridgehead atoms. The van der Waals surface area contributed by atoms with Gasteiger partial charge in [0.1, 0.15) is 0 Å². The molecule has 0 amide bonds. The maximum absolute atomic E-state index is 9.14. The molecule has 1 heterocycles. The molecule has 0 saturated carbocycles. The minimum atomic E-state index is 0.0322. The van der Waals surface area contributed by atoms with Crippen LogP contribution in [0.3, 0.4) is 0 Å². The van der Waals surface area contributed by atoms with Gasteiger partial charge in [0, 0.05) is 35.6 Å². The van der Waals surface area contributed by atoms with Crippen LogP contribution in [0.2, 0.25) is 0 Å². The van der Waals surface area contributed by atoms with Crippen molar-refractivity contribution in [2.24, 2.45) is 0 Å². The number of aliphatic hydroxyl groups is 2. The van der Waals surface area contributed by atoms with Crippen LogP contribution in [0.4, 0.5) is 11.4 Å². The first-order valence-corrected chi connectivity index (χ1v) is 6.56. The lowest BCUT2D eigenvalue weighted by Crippen LogP contribution is -2.29. The van der Waals surface area contributed by atoms with Crippen molar-refractivity contribution in [1.29, 1.82) is 0 Å². The van der Waals surface area contributed by atoms with Gasteiger partial charge < -0.3 is 25.3 Å². The summed E-state index contributed by atoms with van der Waals surface area (Å²) in [5.41, 5.74) is 10.5. The second-order valence-corrected chi connectivity index (χ2v) is 4.67. The van der Waals surface area contributed by atoms with E-state index in [1.807, 2.05) is 30.0 Å². The average Bonchev–Trinajstić information content (AvgIpc) is 2.95. The fourth-order valence-corrected chi connectivity index (χ4v) is 2.23. The summed E-state index contributed by atoms with van der Waals surface area (Å²) in [7, 11) is 0. The van der Waals surface area contributed by atoms with Crippen LogP contribution in [0.15, 0.2) is 35.1 Å². The van der Waals surface area contributed by atoms with Gasteiger partial charge in [0.25, 0.3) is 0 Å². The molecule has 0 unspecified atom stereocenters. The van der Waals surface area contributed by atoms with E-state index in [2.05, 4.69) is 0 Å². The minimum absolute atomic E-state index is 0.0322. The quantitative estimate of drug-likeness (QED) is 0.698. The Bertz CT molecular complexity index is 546. The molecule has 0 radical (unpaired) electrons. The molecule has 2 aromatic rings. The molecule has 0 saturated heterocycles. The van der Waals surface area contributed by atoms with Crippen LogP contribution >= 0.6 is 0 Å². The van der Waals surface area contributed by atoms with E-state index in [-0.39, 0.29) is 13.2 Å². The zero-order valence-corrected chi connectivity index (χ0v) is 11.5. The van der Waals surface area contributed by atoms with Crippen molar-refractivity contribution in [1.82, 2.24) is 0 Å². The number of hydrogen-bond donors (Lipinski definition) is 3. The molecule has 0 fully saturated rings. The highest BCUT2D eigenvalue weighted by Crippen LogP contribution is 2.33. The Hall–Kier alpha value is -1.98. The predicted octanol–water partition coefficient (Wildman–Crippen LogP) is 1.63. The highest BCUT2D eigenvalue weighted by molar-refractivity contribution is 5.81. The van der Waals surface area contributed by atoms with Gasteiger partial charge in [-0.1, -0.05) is 0 Å². The second-order valence-electron chi connectivity index (χ2n) is 4.67. The van der Waals surface area contributed by atoms with E-state index in [1.165, 1.54) is 0 Å². The van der Waals surface area contributed by atoms with Crippen LogP contribution in [-0.2, 0) is 0 Å². The monoisotopic (exact) mass is 276 g/mol. The smallest absolute Gasteiger partial charge is 0.0981 e. The summed E-state index contributed by atoms with van der Waals surface area (Å²) in [5, 5.41) is 18.3. The molecule has 108 valence electrons. The molecule has 20 heavy (non-hydrogen) atoms. The summed E-state index contributed by atoms with van der Waals surface area (Å²) in [6.45, 7) is 2.94. The first kappa shape index (κ1) is 14.4. The summed E-state index contributed by atoms with van der Waals surface area (Å²) in [6, 6.07) is 5.78. The number of benzene rings is 1. The van der Waals surface area contributed by atoms with E-state index in [4.69, 9.17) is 20.4 Å². The van der Waals surface area contributed by atoms with Crippen LogP contribution in [-0.4, -0.2) is 36.5 Å². The van der Waals surface area contributed by atoms with Crippen molar-refractivity contribution in [3.8, 4) is 11.1 Å². The van der Waals surface area contributed by atoms with Crippen molar-refractivity contribution in [2.45, 2.75) is 6.92 Å². The first-order chi connectivity index (χ1) is 9.67. The van der Waals surface area contributed by atoms with Crippen molar-refractivity contribution in [3.63, 3.8) is 0 Å². The molecular formula is C15H20N2O3. The number of furan rings is 1. The third-order valence-electron chi connectivity index (χ3n) is 3.31. The van der Waals surface area contributed by atoms with E-state index >= 15 is 0 Å². The fourth-order valence-electron chi connectivity index (χ4n) is 2.23. The third kappa shape index (κ3) is 2.95. The summed E-state index contributed by atoms with van der Waals surface area (Å²) in [4.78, 5) is 1.93. The number of nitrogens with zero attached hydrogens (tertiary/aromatic N) is 1. The SMILES string of the molecule is Cc1cc(N(CCO)CCO)cc(-c2ccoc2)c1N. The van der Waals surface area contributed by atoms with Gasteiger partial charge in [-0.2, -0.15) is 0 Å². The molecule has 0 aliphatic carbocycles. The molecule has 0 aliphatic rings. The Labute approximate surface area is 118 Å². The van der Waals surface area contributed by atoms with E-state index in [9.17, 15) is 0 Å². The molecule has 0 aliphatic heterocycles. The van der Waals surface area contributed by atoms with Gasteiger partial charge in [-0.3, -0.25) is 0 Å². The summed E-state index contributed by atoms with van der Waals surface area (Å²) in [5.74, 6) is 0. The van der Waals surface area contributed by atoms with Crippen LogP contribution in [0, 0.1) is 6.92 Å². The number of nitrogen functional groups attached to an aromatic ring is 1.